The van der Waals surface area contributed by atoms with E-state index < -0.39 is 0 Å². The molecule has 0 bridgehead atoms. The number of hydrogen-bond acceptors (Lipinski definition) is 4. The van der Waals surface area contributed by atoms with E-state index in [9.17, 15) is 4.79 Å². The van der Waals surface area contributed by atoms with Gasteiger partial charge in [-0.3, -0.25) is 9.78 Å². The number of amides is 1. The normalized spacial score (nSPS) is 18.8. The number of likely N-dealkylation sites (tertiary alicyclic amines) is 1. The second-order valence-electron chi connectivity index (χ2n) is 7.66. The second-order valence-corrected chi connectivity index (χ2v) is 7.66. The molecule has 0 atom stereocenters. The summed E-state index contributed by atoms with van der Waals surface area (Å²) >= 11 is 0. The van der Waals surface area contributed by atoms with E-state index in [0.717, 1.165) is 62.0 Å². The quantitative estimate of drug-likeness (QED) is 0.786. The highest BCUT2D eigenvalue weighted by Crippen LogP contribution is 2.21. The van der Waals surface area contributed by atoms with Crippen molar-refractivity contribution in [3.8, 4) is 0 Å². The Balaban J connectivity index is 1.49. The number of rotatable bonds is 6. The van der Waals surface area contributed by atoms with E-state index >= 15 is 0 Å². The van der Waals surface area contributed by atoms with Gasteiger partial charge in [-0.05, 0) is 76.0 Å². The average molecular weight is 367 g/mol. The lowest BCUT2D eigenvalue weighted by Gasteiger charge is -2.35. The SMILES string of the molecule is O=C(c1ccc2ncccc2c1)N(CCCN1CCCC1)C1CCOCC1. The maximum absolute atomic E-state index is 13.4. The summed E-state index contributed by atoms with van der Waals surface area (Å²) in [5, 5.41) is 1.02. The maximum Gasteiger partial charge on any atom is 0.254 e. The molecule has 2 fully saturated rings. The minimum Gasteiger partial charge on any atom is -0.381 e. The van der Waals surface area contributed by atoms with Crippen LogP contribution in [0.2, 0.25) is 0 Å². The van der Waals surface area contributed by atoms with Crippen LogP contribution in [0.3, 0.4) is 0 Å². The van der Waals surface area contributed by atoms with Crippen LogP contribution in [0, 0.1) is 0 Å². The van der Waals surface area contributed by atoms with Gasteiger partial charge in [0.2, 0.25) is 0 Å². The van der Waals surface area contributed by atoms with Crippen LogP contribution in [0.5, 0.6) is 0 Å². The second kappa shape index (κ2) is 8.81. The van der Waals surface area contributed by atoms with E-state index in [-0.39, 0.29) is 11.9 Å². The summed E-state index contributed by atoms with van der Waals surface area (Å²) in [6.45, 7) is 5.84. The van der Waals surface area contributed by atoms with Crippen molar-refractivity contribution in [1.29, 1.82) is 0 Å². The van der Waals surface area contributed by atoms with Crippen molar-refractivity contribution < 1.29 is 9.53 Å². The molecule has 4 rings (SSSR count). The van der Waals surface area contributed by atoms with Crippen LogP contribution >= 0.6 is 0 Å². The van der Waals surface area contributed by atoms with Gasteiger partial charge in [-0.25, -0.2) is 0 Å². The first-order valence-corrected chi connectivity index (χ1v) is 10.3. The predicted molar refractivity (Wildman–Crippen MR) is 107 cm³/mol. The number of pyridine rings is 1. The molecule has 0 N–H and O–H groups in total. The number of ether oxygens (including phenoxy) is 1. The van der Waals surface area contributed by atoms with Crippen molar-refractivity contribution in [2.75, 3.05) is 39.4 Å². The van der Waals surface area contributed by atoms with E-state index in [1.807, 2.05) is 30.3 Å². The van der Waals surface area contributed by atoms with Crippen LogP contribution < -0.4 is 0 Å². The number of fused-ring (bicyclic) bond motifs is 1. The van der Waals surface area contributed by atoms with E-state index in [4.69, 9.17) is 4.74 Å². The third kappa shape index (κ3) is 4.47. The molecule has 2 aliphatic rings. The largest absolute Gasteiger partial charge is 0.381 e. The van der Waals surface area contributed by atoms with Gasteiger partial charge in [0.1, 0.15) is 0 Å². The molecular formula is C22H29N3O2. The molecule has 1 amide bonds. The highest BCUT2D eigenvalue weighted by Gasteiger charge is 2.26. The molecule has 1 aromatic carbocycles. The Kier molecular flexibility index (Phi) is 6.00. The van der Waals surface area contributed by atoms with Gasteiger partial charge in [0.25, 0.3) is 5.91 Å². The number of benzene rings is 1. The van der Waals surface area contributed by atoms with Crippen molar-refractivity contribution in [2.45, 2.75) is 38.1 Å². The van der Waals surface area contributed by atoms with Gasteiger partial charge < -0.3 is 14.5 Å². The fourth-order valence-corrected chi connectivity index (χ4v) is 4.29. The zero-order valence-electron chi connectivity index (χ0n) is 16.0. The van der Waals surface area contributed by atoms with Crippen molar-refractivity contribution in [1.82, 2.24) is 14.8 Å². The molecule has 5 nitrogen and oxygen atoms in total. The van der Waals surface area contributed by atoms with E-state index in [1.54, 1.807) is 6.20 Å². The van der Waals surface area contributed by atoms with Crippen LogP contribution in [0.4, 0.5) is 0 Å². The minimum absolute atomic E-state index is 0.147. The monoisotopic (exact) mass is 367 g/mol. The molecule has 0 aliphatic carbocycles. The summed E-state index contributed by atoms with van der Waals surface area (Å²) < 4.78 is 5.52. The highest BCUT2D eigenvalue weighted by molar-refractivity contribution is 5.98. The first-order valence-electron chi connectivity index (χ1n) is 10.3. The van der Waals surface area contributed by atoms with Gasteiger partial charge in [-0.2, -0.15) is 0 Å². The number of aromatic nitrogens is 1. The molecule has 0 saturated carbocycles. The molecule has 27 heavy (non-hydrogen) atoms. The van der Waals surface area contributed by atoms with Crippen molar-refractivity contribution >= 4 is 16.8 Å². The van der Waals surface area contributed by atoms with Crippen molar-refractivity contribution in [3.63, 3.8) is 0 Å². The standard InChI is InChI=1S/C22H29N3O2/c26-22(19-6-7-21-18(17-19)5-3-10-23-21)25(20-8-15-27-16-9-20)14-4-13-24-11-1-2-12-24/h3,5-7,10,17,20H,1-2,4,8-9,11-16H2. The Bertz CT molecular complexity index is 767. The molecule has 144 valence electrons. The molecule has 1 aromatic heterocycles. The zero-order valence-corrected chi connectivity index (χ0v) is 16.0. The van der Waals surface area contributed by atoms with Gasteiger partial charge in [-0.1, -0.05) is 6.07 Å². The van der Waals surface area contributed by atoms with Crippen molar-refractivity contribution in [3.05, 3.63) is 42.1 Å². The van der Waals surface area contributed by atoms with E-state index in [2.05, 4.69) is 14.8 Å². The van der Waals surface area contributed by atoms with Crippen LogP contribution in [0.25, 0.3) is 10.9 Å². The predicted octanol–water partition coefficient (Wildman–Crippen LogP) is 3.34. The fraction of sp³-hybridized carbons (Fsp3) is 0.545. The lowest BCUT2D eigenvalue weighted by atomic mass is 10.0. The lowest BCUT2D eigenvalue weighted by molar-refractivity contribution is 0.0281. The number of carbonyl (C=O) groups is 1. The Morgan fingerprint density at radius 3 is 2.81 bits per heavy atom. The highest BCUT2D eigenvalue weighted by atomic mass is 16.5. The third-order valence-electron chi connectivity index (χ3n) is 5.81. The van der Waals surface area contributed by atoms with E-state index in [0.29, 0.717) is 0 Å². The van der Waals surface area contributed by atoms with Gasteiger partial charge in [-0.15, -0.1) is 0 Å². The lowest BCUT2D eigenvalue weighted by Crippen LogP contribution is -2.44. The van der Waals surface area contributed by atoms with Gasteiger partial charge in [0.05, 0.1) is 5.52 Å². The Morgan fingerprint density at radius 2 is 2.00 bits per heavy atom. The summed E-state index contributed by atoms with van der Waals surface area (Å²) in [6, 6.07) is 10.1. The van der Waals surface area contributed by atoms with E-state index in [1.165, 1.54) is 25.9 Å². The molecule has 0 unspecified atom stereocenters. The van der Waals surface area contributed by atoms with Crippen molar-refractivity contribution in [2.24, 2.45) is 0 Å². The topological polar surface area (TPSA) is 45.7 Å². The molecule has 2 saturated heterocycles. The first kappa shape index (κ1) is 18.4. The Labute approximate surface area is 161 Å². The van der Waals surface area contributed by atoms with Crippen LogP contribution in [0.15, 0.2) is 36.5 Å². The maximum atomic E-state index is 13.4. The smallest absolute Gasteiger partial charge is 0.254 e. The van der Waals surface area contributed by atoms with Crippen LogP contribution in [-0.4, -0.2) is 66.1 Å². The van der Waals surface area contributed by atoms with Crippen LogP contribution in [0.1, 0.15) is 42.5 Å². The minimum atomic E-state index is 0.147. The van der Waals surface area contributed by atoms with Gasteiger partial charge in [0.15, 0.2) is 0 Å². The molecule has 3 heterocycles. The van der Waals surface area contributed by atoms with Gasteiger partial charge >= 0.3 is 0 Å². The third-order valence-corrected chi connectivity index (χ3v) is 5.81. The molecule has 0 spiro atoms. The first-order chi connectivity index (χ1) is 13.3. The number of hydrogen-bond donors (Lipinski definition) is 0. The summed E-state index contributed by atoms with van der Waals surface area (Å²) in [4.78, 5) is 22.4. The molecule has 2 aromatic rings. The van der Waals surface area contributed by atoms with Gasteiger partial charge in [0, 0.05) is 42.9 Å². The molecular weight excluding hydrogens is 338 g/mol. The molecule has 0 radical (unpaired) electrons. The average Bonchev–Trinajstić information content (AvgIpc) is 3.24. The Morgan fingerprint density at radius 1 is 1.19 bits per heavy atom. The summed E-state index contributed by atoms with van der Waals surface area (Å²) in [5.74, 6) is 0.147. The summed E-state index contributed by atoms with van der Waals surface area (Å²) in [7, 11) is 0. The molecule has 2 aliphatic heterocycles. The summed E-state index contributed by atoms with van der Waals surface area (Å²) in [6.07, 6.45) is 7.32. The number of carbonyl (C=O) groups excluding carboxylic acids is 1. The Hall–Kier alpha value is -1.98. The zero-order chi connectivity index (χ0) is 18.5. The fourth-order valence-electron chi connectivity index (χ4n) is 4.29. The van der Waals surface area contributed by atoms with Crippen LogP contribution in [-0.2, 0) is 4.74 Å². The molecule has 5 heteroatoms. The number of nitrogens with zero attached hydrogens (tertiary/aromatic N) is 3. The summed E-state index contributed by atoms with van der Waals surface area (Å²) in [5.41, 5.74) is 1.70.